The summed E-state index contributed by atoms with van der Waals surface area (Å²) in [5, 5.41) is 18.9. The Bertz CT molecular complexity index is 524. The fraction of sp³-hybridized carbons (Fsp3) is 0.600. The predicted octanol–water partition coefficient (Wildman–Crippen LogP) is -2.20. The lowest BCUT2D eigenvalue weighted by Gasteiger charge is -2.19. The zero-order valence-corrected chi connectivity index (χ0v) is 9.65. The van der Waals surface area contributed by atoms with E-state index in [9.17, 15) is 14.7 Å². The molecule has 0 saturated carbocycles. The molecule has 1 aliphatic rings. The van der Waals surface area contributed by atoms with Crippen molar-refractivity contribution < 1.29 is 19.7 Å². The summed E-state index contributed by atoms with van der Waals surface area (Å²) in [5.74, 6) is 0. The topological polar surface area (TPSA) is 114 Å². The number of aromatic amines is 1. The third-order valence-corrected chi connectivity index (χ3v) is 2.89. The first-order valence-electron chi connectivity index (χ1n) is 5.37. The van der Waals surface area contributed by atoms with Crippen LogP contribution in [0, 0.1) is 0 Å². The molecule has 8 heteroatoms. The molecule has 0 aliphatic carbocycles. The van der Waals surface area contributed by atoms with Crippen LogP contribution < -0.4 is 11.2 Å². The highest BCUT2D eigenvalue weighted by Gasteiger charge is 2.45. The van der Waals surface area contributed by atoms with Crippen LogP contribution in [0.2, 0.25) is 0 Å². The smallest absolute Gasteiger partial charge is 0.330 e. The second-order valence-corrected chi connectivity index (χ2v) is 3.96. The van der Waals surface area contributed by atoms with Crippen molar-refractivity contribution in [2.24, 2.45) is 0 Å². The van der Waals surface area contributed by atoms with Crippen LogP contribution in [-0.4, -0.2) is 51.8 Å². The highest BCUT2D eigenvalue weighted by molar-refractivity contribution is 4.93. The number of aliphatic hydroxyl groups excluding tert-OH is 2. The number of nitrogens with zero attached hydrogens (tertiary/aromatic N) is 1. The van der Waals surface area contributed by atoms with Crippen LogP contribution in [0.1, 0.15) is 6.23 Å². The SMILES string of the molecule is COC1C(O)[C@@H](CO)O[C@H]1n1ccc(=O)[nH]c1=O. The first-order chi connectivity index (χ1) is 8.58. The Hall–Kier alpha value is -1.48. The van der Waals surface area contributed by atoms with Crippen LogP contribution in [0.3, 0.4) is 0 Å². The largest absolute Gasteiger partial charge is 0.394 e. The van der Waals surface area contributed by atoms with Crippen molar-refractivity contribution >= 4 is 0 Å². The van der Waals surface area contributed by atoms with E-state index in [1.165, 1.54) is 13.3 Å². The lowest BCUT2D eigenvalue weighted by molar-refractivity contribution is -0.0625. The van der Waals surface area contributed by atoms with Gasteiger partial charge in [0.2, 0.25) is 0 Å². The number of nitrogens with one attached hydrogen (secondary N) is 1. The van der Waals surface area contributed by atoms with Gasteiger partial charge in [-0.05, 0) is 0 Å². The maximum atomic E-state index is 11.6. The first-order valence-corrected chi connectivity index (χ1v) is 5.37. The maximum absolute atomic E-state index is 11.6. The van der Waals surface area contributed by atoms with Gasteiger partial charge in [-0.15, -0.1) is 0 Å². The second kappa shape index (κ2) is 5.02. The molecule has 8 nitrogen and oxygen atoms in total. The minimum absolute atomic E-state index is 0.393. The summed E-state index contributed by atoms with van der Waals surface area (Å²) in [5.41, 5.74) is -1.19. The summed E-state index contributed by atoms with van der Waals surface area (Å²) in [7, 11) is 1.36. The second-order valence-electron chi connectivity index (χ2n) is 3.96. The van der Waals surface area contributed by atoms with Gasteiger partial charge in [0.15, 0.2) is 6.23 Å². The quantitative estimate of drug-likeness (QED) is 0.567. The van der Waals surface area contributed by atoms with E-state index in [2.05, 4.69) is 4.98 Å². The molecule has 1 fully saturated rings. The molecule has 2 heterocycles. The Morgan fingerprint density at radius 3 is 2.83 bits per heavy atom. The normalized spacial score (nSPS) is 31.7. The molecule has 2 rings (SSSR count). The summed E-state index contributed by atoms with van der Waals surface area (Å²) in [6.07, 6.45) is -2.33. The van der Waals surface area contributed by atoms with E-state index < -0.39 is 42.4 Å². The van der Waals surface area contributed by atoms with E-state index in [1.807, 2.05) is 0 Å². The van der Waals surface area contributed by atoms with Gasteiger partial charge in [-0.3, -0.25) is 14.3 Å². The zero-order chi connectivity index (χ0) is 13.3. The van der Waals surface area contributed by atoms with Gasteiger partial charge < -0.3 is 19.7 Å². The highest BCUT2D eigenvalue weighted by atomic mass is 16.6. The first kappa shape index (κ1) is 13.0. The molecule has 0 aromatic carbocycles. The van der Waals surface area contributed by atoms with E-state index in [4.69, 9.17) is 14.6 Å². The van der Waals surface area contributed by atoms with Gasteiger partial charge in [0.25, 0.3) is 5.56 Å². The number of H-pyrrole nitrogens is 1. The van der Waals surface area contributed by atoms with Gasteiger partial charge in [-0.25, -0.2) is 4.79 Å². The molecular weight excluding hydrogens is 244 g/mol. The Labute approximate surface area is 101 Å². The fourth-order valence-electron chi connectivity index (χ4n) is 1.98. The van der Waals surface area contributed by atoms with E-state index in [0.29, 0.717) is 0 Å². The van der Waals surface area contributed by atoms with E-state index in [-0.39, 0.29) is 0 Å². The van der Waals surface area contributed by atoms with Crippen molar-refractivity contribution in [2.75, 3.05) is 13.7 Å². The van der Waals surface area contributed by atoms with Gasteiger partial charge in [0.1, 0.15) is 18.3 Å². The summed E-state index contributed by atoms with van der Waals surface area (Å²) >= 11 is 0. The Kier molecular flexibility index (Phi) is 3.62. The number of aliphatic hydroxyl groups is 2. The number of methoxy groups -OCH3 is 1. The summed E-state index contributed by atoms with van der Waals surface area (Å²) < 4.78 is 11.5. The summed E-state index contributed by atoms with van der Waals surface area (Å²) in [4.78, 5) is 24.7. The van der Waals surface area contributed by atoms with Crippen LogP contribution in [0.15, 0.2) is 21.9 Å². The molecule has 18 heavy (non-hydrogen) atoms. The van der Waals surface area contributed by atoms with Crippen molar-refractivity contribution in [3.8, 4) is 0 Å². The van der Waals surface area contributed by atoms with Crippen LogP contribution >= 0.6 is 0 Å². The third kappa shape index (κ3) is 2.10. The Morgan fingerprint density at radius 2 is 2.28 bits per heavy atom. The number of rotatable bonds is 3. The van der Waals surface area contributed by atoms with Crippen LogP contribution in [0.25, 0.3) is 0 Å². The molecule has 0 amide bonds. The molecule has 1 saturated heterocycles. The van der Waals surface area contributed by atoms with E-state index in [0.717, 1.165) is 10.6 Å². The molecule has 0 spiro atoms. The molecule has 4 atom stereocenters. The number of aromatic nitrogens is 2. The van der Waals surface area contributed by atoms with Gasteiger partial charge in [-0.2, -0.15) is 0 Å². The Morgan fingerprint density at radius 1 is 1.56 bits per heavy atom. The molecule has 0 radical (unpaired) electrons. The van der Waals surface area contributed by atoms with Crippen molar-refractivity contribution in [3.63, 3.8) is 0 Å². The number of ether oxygens (including phenoxy) is 2. The summed E-state index contributed by atoms with van der Waals surface area (Å²) in [6, 6.07) is 1.16. The molecule has 0 bridgehead atoms. The lowest BCUT2D eigenvalue weighted by atomic mass is 10.1. The molecule has 100 valence electrons. The van der Waals surface area contributed by atoms with Gasteiger partial charge in [0, 0.05) is 19.4 Å². The monoisotopic (exact) mass is 258 g/mol. The zero-order valence-electron chi connectivity index (χ0n) is 9.65. The molecule has 1 aromatic heterocycles. The van der Waals surface area contributed by atoms with E-state index in [1.54, 1.807) is 0 Å². The number of hydrogen-bond acceptors (Lipinski definition) is 6. The Balaban J connectivity index is 2.38. The number of hydrogen-bond donors (Lipinski definition) is 3. The lowest BCUT2D eigenvalue weighted by Crippen LogP contribution is -2.38. The van der Waals surface area contributed by atoms with Gasteiger partial charge in [-0.1, -0.05) is 0 Å². The van der Waals surface area contributed by atoms with Crippen LogP contribution in [0.4, 0.5) is 0 Å². The molecule has 3 N–H and O–H groups in total. The molecule has 1 aromatic rings. The highest BCUT2D eigenvalue weighted by Crippen LogP contribution is 2.29. The van der Waals surface area contributed by atoms with Crippen molar-refractivity contribution in [1.29, 1.82) is 0 Å². The van der Waals surface area contributed by atoms with Gasteiger partial charge >= 0.3 is 5.69 Å². The minimum Gasteiger partial charge on any atom is -0.394 e. The van der Waals surface area contributed by atoms with Crippen molar-refractivity contribution in [3.05, 3.63) is 33.1 Å². The van der Waals surface area contributed by atoms with Crippen LogP contribution in [0.5, 0.6) is 0 Å². The maximum Gasteiger partial charge on any atom is 0.330 e. The van der Waals surface area contributed by atoms with Crippen molar-refractivity contribution in [1.82, 2.24) is 9.55 Å². The fourth-order valence-corrected chi connectivity index (χ4v) is 1.98. The average Bonchev–Trinajstić information content (AvgIpc) is 2.65. The van der Waals surface area contributed by atoms with E-state index >= 15 is 0 Å². The molecular formula is C10H14N2O6. The van der Waals surface area contributed by atoms with Crippen molar-refractivity contribution in [2.45, 2.75) is 24.5 Å². The predicted molar refractivity (Wildman–Crippen MR) is 59.1 cm³/mol. The third-order valence-electron chi connectivity index (χ3n) is 2.89. The summed E-state index contributed by atoms with van der Waals surface area (Å²) in [6.45, 7) is -0.393. The molecule has 1 aliphatic heterocycles. The standard InChI is InChI=1S/C10H14N2O6/c1-17-8-7(15)5(4-13)18-9(8)12-3-2-6(14)11-10(12)16/h2-3,5,7-9,13,15H,4H2,1H3,(H,11,14,16)/t5-,7?,8?,9-/m1/s1. The van der Waals surface area contributed by atoms with Crippen LogP contribution in [-0.2, 0) is 9.47 Å². The average molecular weight is 258 g/mol. The minimum atomic E-state index is -1.05. The molecule has 2 unspecified atom stereocenters. The van der Waals surface area contributed by atoms with Gasteiger partial charge in [0.05, 0.1) is 6.61 Å².